The average Bonchev–Trinajstić information content (AvgIpc) is 3.12. The summed E-state index contributed by atoms with van der Waals surface area (Å²) in [6, 6.07) is 13.4. The van der Waals surface area contributed by atoms with Gasteiger partial charge in [-0.2, -0.15) is 0 Å². The molecule has 2 N–H and O–H groups in total. The highest BCUT2D eigenvalue weighted by Crippen LogP contribution is 2.30. The Morgan fingerprint density at radius 3 is 2.21 bits per heavy atom. The van der Waals surface area contributed by atoms with Gasteiger partial charge < -0.3 is 9.47 Å². The second kappa shape index (κ2) is 9.71. The first kappa shape index (κ1) is 25.6. The van der Waals surface area contributed by atoms with Crippen molar-refractivity contribution in [3.63, 3.8) is 0 Å². The maximum atomic E-state index is 12.9. The van der Waals surface area contributed by atoms with Crippen molar-refractivity contribution in [1.82, 2.24) is 9.44 Å². The standard InChI is InChI=1S/C23H32N2O6S2/c1-16(2)32(26,27)24-20-14-30-15-21(20)31-18-12-10-17(11-13-18)19-8-6-7-9-22(19)33(28,29)25-23(3,4)5/h6-13,16,20-21,24-25H,14-15H2,1-5H3. The molecule has 2 aromatic rings. The molecule has 0 amide bonds. The molecule has 1 aliphatic rings. The van der Waals surface area contributed by atoms with Gasteiger partial charge in [0.1, 0.15) is 11.9 Å². The first-order chi connectivity index (χ1) is 15.3. The molecule has 0 radical (unpaired) electrons. The minimum Gasteiger partial charge on any atom is -0.486 e. The molecule has 2 atom stereocenters. The largest absolute Gasteiger partial charge is 0.486 e. The van der Waals surface area contributed by atoms with Gasteiger partial charge >= 0.3 is 0 Å². The highest BCUT2D eigenvalue weighted by molar-refractivity contribution is 7.90. The second-order valence-corrected chi connectivity index (χ2v) is 13.3. The van der Waals surface area contributed by atoms with Crippen LogP contribution in [-0.2, 0) is 24.8 Å². The molecule has 2 aromatic carbocycles. The second-order valence-electron chi connectivity index (χ2n) is 9.39. The van der Waals surface area contributed by atoms with Gasteiger partial charge in [0, 0.05) is 11.1 Å². The van der Waals surface area contributed by atoms with E-state index < -0.39 is 43.0 Å². The Bertz CT molecular complexity index is 1170. The van der Waals surface area contributed by atoms with Crippen LogP contribution in [0.3, 0.4) is 0 Å². The van der Waals surface area contributed by atoms with E-state index in [2.05, 4.69) is 9.44 Å². The van der Waals surface area contributed by atoms with Gasteiger partial charge in [-0.1, -0.05) is 30.3 Å². The van der Waals surface area contributed by atoms with Crippen molar-refractivity contribution >= 4 is 20.0 Å². The number of hydrogen-bond acceptors (Lipinski definition) is 6. The van der Waals surface area contributed by atoms with Gasteiger partial charge in [-0.25, -0.2) is 26.3 Å². The smallest absolute Gasteiger partial charge is 0.241 e. The molecule has 2 unspecified atom stereocenters. The molecule has 1 aliphatic heterocycles. The number of nitrogens with one attached hydrogen (secondary N) is 2. The summed E-state index contributed by atoms with van der Waals surface area (Å²) in [5.74, 6) is 0.538. The molecular weight excluding hydrogens is 464 g/mol. The topological polar surface area (TPSA) is 111 Å². The minimum atomic E-state index is -3.72. The van der Waals surface area contributed by atoms with E-state index in [0.29, 0.717) is 11.3 Å². The van der Waals surface area contributed by atoms with Crippen LogP contribution in [0.4, 0.5) is 0 Å². The van der Waals surface area contributed by atoms with E-state index in [1.165, 1.54) is 0 Å². The third-order valence-corrected chi connectivity index (χ3v) is 8.72. The zero-order chi connectivity index (χ0) is 24.4. The number of rotatable bonds is 8. The molecular formula is C23H32N2O6S2. The van der Waals surface area contributed by atoms with Crippen LogP contribution in [0.15, 0.2) is 53.4 Å². The quantitative estimate of drug-likeness (QED) is 0.581. The lowest BCUT2D eigenvalue weighted by molar-refractivity contribution is 0.140. The molecule has 1 fully saturated rings. The maximum Gasteiger partial charge on any atom is 0.241 e. The predicted molar refractivity (Wildman–Crippen MR) is 128 cm³/mol. The van der Waals surface area contributed by atoms with Crippen LogP contribution < -0.4 is 14.2 Å². The Morgan fingerprint density at radius 2 is 1.61 bits per heavy atom. The Labute approximate surface area is 196 Å². The summed E-state index contributed by atoms with van der Waals surface area (Å²) < 4.78 is 67.0. The fourth-order valence-electron chi connectivity index (χ4n) is 3.39. The van der Waals surface area contributed by atoms with Gasteiger partial charge in [0.2, 0.25) is 20.0 Å². The summed E-state index contributed by atoms with van der Waals surface area (Å²) in [4.78, 5) is 0.195. The molecule has 3 rings (SSSR count). The summed E-state index contributed by atoms with van der Waals surface area (Å²) in [7, 11) is -7.17. The van der Waals surface area contributed by atoms with Gasteiger partial charge in [0.25, 0.3) is 0 Å². The molecule has 1 saturated heterocycles. The van der Waals surface area contributed by atoms with E-state index in [-0.39, 0.29) is 18.1 Å². The number of hydrogen-bond donors (Lipinski definition) is 2. The van der Waals surface area contributed by atoms with E-state index in [1.807, 2.05) is 0 Å². The first-order valence-corrected chi connectivity index (χ1v) is 13.8. The van der Waals surface area contributed by atoms with Crippen LogP contribution >= 0.6 is 0 Å². The van der Waals surface area contributed by atoms with E-state index in [1.54, 1.807) is 83.1 Å². The van der Waals surface area contributed by atoms with Crippen molar-refractivity contribution in [3.05, 3.63) is 48.5 Å². The summed E-state index contributed by atoms with van der Waals surface area (Å²) in [6.45, 7) is 9.11. The van der Waals surface area contributed by atoms with Crippen molar-refractivity contribution in [2.24, 2.45) is 0 Å². The normalized spacial score (nSPS) is 19.7. The number of benzene rings is 2. The van der Waals surface area contributed by atoms with Gasteiger partial charge in [-0.15, -0.1) is 0 Å². The summed E-state index contributed by atoms with van der Waals surface area (Å²) in [5.41, 5.74) is 0.685. The molecule has 8 nitrogen and oxygen atoms in total. The molecule has 0 bridgehead atoms. The summed E-state index contributed by atoms with van der Waals surface area (Å²) in [5, 5.41) is -0.554. The minimum absolute atomic E-state index is 0.195. The average molecular weight is 497 g/mol. The summed E-state index contributed by atoms with van der Waals surface area (Å²) >= 11 is 0. The van der Waals surface area contributed by atoms with Crippen LogP contribution in [0.25, 0.3) is 11.1 Å². The molecule has 0 spiro atoms. The molecule has 1 heterocycles. The Balaban J connectivity index is 1.79. The SMILES string of the molecule is CC(C)S(=O)(=O)NC1COCC1Oc1ccc(-c2ccccc2S(=O)(=O)NC(C)(C)C)cc1. The van der Waals surface area contributed by atoms with Crippen LogP contribution in [0.5, 0.6) is 5.75 Å². The molecule has 0 saturated carbocycles. The zero-order valence-electron chi connectivity index (χ0n) is 19.5. The van der Waals surface area contributed by atoms with Crippen molar-refractivity contribution in [3.8, 4) is 16.9 Å². The fourth-order valence-corrected chi connectivity index (χ4v) is 5.96. The summed E-state index contributed by atoms with van der Waals surface area (Å²) in [6.07, 6.45) is -0.465. The van der Waals surface area contributed by atoms with E-state index >= 15 is 0 Å². The Hall–Kier alpha value is -1.98. The molecule has 0 aromatic heterocycles. The number of ether oxygens (including phenoxy) is 2. The lowest BCUT2D eigenvalue weighted by Gasteiger charge is -2.22. The van der Waals surface area contributed by atoms with Crippen LogP contribution in [-0.4, -0.2) is 53.0 Å². The first-order valence-electron chi connectivity index (χ1n) is 10.8. The van der Waals surface area contributed by atoms with Crippen LogP contribution in [0.1, 0.15) is 34.6 Å². The van der Waals surface area contributed by atoms with Crippen LogP contribution in [0.2, 0.25) is 0 Å². The lowest BCUT2D eigenvalue weighted by atomic mass is 10.1. The maximum absolute atomic E-state index is 12.9. The monoisotopic (exact) mass is 496 g/mol. The highest BCUT2D eigenvalue weighted by atomic mass is 32.2. The number of sulfonamides is 2. The third kappa shape index (κ3) is 6.54. The van der Waals surface area contributed by atoms with Gasteiger partial charge in [-0.3, -0.25) is 0 Å². The molecule has 0 aliphatic carbocycles. The Kier molecular flexibility index (Phi) is 7.55. The van der Waals surface area contributed by atoms with Gasteiger partial charge in [0.15, 0.2) is 0 Å². The third-order valence-electron chi connectivity index (χ3n) is 5.03. The van der Waals surface area contributed by atoms with Crippen molar-refractivity contribution < 1.29 is 26.3 Å². The van der Waals surface area contributed by atoms with Crippen molar-refractivity contribution in [2.45, 2.75) is 62.4 Å². The molecule has 33 heavy (non-hydrogen) atoms. The highest BCUT2D eigenvalue weighted by Gasteiger charge is 2.34. The Morgan fingerprint density at radius 1 is 0.970 bits per heavy atom. The van der Waals surface area contributed by atoms with E-state index in [0.717, 1.165) is 5.56 Å². The fraction of sp³-hybridized carbons (Fsp3) is 0.478. The van der Waals surface area contributed by atoms with Gasteiger partial charge in [-0.05, 0) is 58.4 Å². The van der Waals surface area contributed by atoms with E-state index in [9.17, 15) is 16.8 Å². The van der Waals surface area contributed by atoms with Gasteiger partial charge in [0.05, 0.1) is 29.4 Å². The van der Waals surface area contributed by atoms with E-state index in [4.69, 9.17) is 9.47 Å². The van der Waals surface area contributed by atoms with Crippen LogP contribution in [0, 0.1) is 0 Å². The lowest BCUT2D eigenvalue weighted by Crippen LogP contribution is -2.47. The predicted octanol–water partition coefficient (Wildman–Crippen LogP) is 2.90. The zero-order valence-corrected chi connectivity index (χ0v) is 21.2. The molecule has 10 heteroatoms. The van der Waals surface area contributed by atoms with Crippen molar-refractivity contribution in [1.29, 1.82) is 0 Å². The van der Waals surface area contributed by atoms with Crippen molar-refractivity contribution in [2.75, 3.05) is 13.2 Å². The molecule has 182 valence electrons.